The molecular weight excluding hydrogens is 132 g/mol. The zero-order chi connectivity index (χ0) is 7.56. The fraction of sp³-hybridized carbons (Fsp3) is 0.333. The Morgan fingerprint density at radius 1 is 1.90 bits per heavy atom. The van der Waals surface area contributed by atoms with Crippen molar-refractivity contribution in [2.24, 2.45) is 10.7 Å². The first-order valence-corrected chi connectivity index (χ1v) is 2.93. The summed E-state index contributed by atoms with van der Waals surface area (Å²) in [6, 6.07) is -0.676. The van der Waals surface area contributed by atoms with Gasteiger partial charge in [0.05, 0.1) is 0 Å². The van der Waals surface area contributed by atoms with Crippen molar-refractivity contribution >= 4 is 11.8 Å². The van der Waals surface area contributed by atoms with Crippen molar-refractivity contribution < 1.29 is 9.90 Å². The van der Waals surface area contributed by atoms with E-state index in [1.807, 2.05) is 0 Å². The molecule has 0 saturated carbocycles. The van der Waals surface area contributed by atoms with Crippen LogP contribution >= 0.6 is 0 Å². The van der Waals surface area contributed by atoms with E-state index in [0.29, 0.717) is 12.3 Å². The van der Waals surface area contributed by atoms with Crippen LogP contribution in [0.25, 0.3) is 0 Å². The maximum atomic E-state index is 10.3. The summed E-state index contributed by atoms with van der Waals surface area (Å²) in [5, 5.41) is 8.46. The lowest BCUT2D eigenvalue weighted by molar-refractivity contribution is -0.138. The second-order valence-corrected chi connectivity index (χ2v) is 2.05. The molecule has 1 aliphatic rings. The molecule has 0 bridgehead atoms. The average molecular weight is 140 g/mol. The van der Waals surface area contributed by atoms with Gasteiger partial charge in [0.2, 0.25) is 0 Å². The first-order chi connectivity index (χ1) is 4.70. The highest BCUT2D eigenvalue weighted by Gasteiger charge is 2.16. The summed E-state index contributed by atoms with van der Waals surface area (Å²) in [7, 11) is 0. The molecule has 3 N–H and O–H groups in total. The van der Waals surface area contributed by atoms with Gasteiger partial charge in [0.15, 0.2) is 6.04 Å². The molecule has 0 spiro atoms. The number of aliphatic imine (C=N–C) groups is 1. The number of carbonyl (C=O) groups is 1. The van der Waals surface area contributed by atoms with Gasteiger partial charge in [-0.15, -0.1) is 0 Å². The third-order valence-corrected chi connectivity index (χ3v) is 1.24. The van der Waals surface area contributed by atoms with Gasteiger partial charge in [0.1, 0.15) is 5.84 Å². The standard InChI is InChI=1S/C6H8N2O2/c7-5-3-1-2-4(8-5)6(9)10/h1,3-4H,2H2,(H2,7,8)(H,9,10). The first kappa shape index (κ1) is 6.80. The maximum absolute atomic E-state index is 10.3. The van der Waals surface area contributed by atoms with Crippen molar-refractivity contribution in [1.82, 2.24) is 0 Å². The minimum Gasteiger partial charge on any atom is -0.480 e. The van der Waals surface area contributed by atoms with Crippen LogP contribution < -0.4 is 5.73 Å². The number of carboxylic acid groups (broad SMARTS) is 1. The van der Waals surface area contributed by atoms with Gasteiger partial charge >= 0.3 is 5.97 Å². The van der Waals surface area contributed by atoms with Crippen molar-refractivity contribution in [2.45, 2.75) is 12.5 Å². The summed E-state index contributed by atoms with van der Waals surface area (Å²) in [5.74, 6) is -0.633. The van der Waals surface area contributed by atoms with Crippen LogP contribution in [0.2, 0.25) is 0 Å². The van der Waals surface area contributed by atoms with E-state index >= 15 is 0 Å². The van der Waals surface area contributed by atoms with Crippen molar-refractivity contribution in [3.05, 3.63) is 12.2 Å². The molecule has 4 nitrogen and oxygen atoms in total. The predicted octanol–water partition coefficient (Wildman–Crippen LogP) is -0.243. The lowest BCUT2D eigenvalue weighted by atomic mass is 10.1. The highest BCUT2D eigenvalue weighted by Crippen LogP contribution is 2.04. The zero-order valence-corrected chi connectivity index (χ0v) is 5.32. The molecule has 0 aromatic rings. The molecule has 54 valence electrons. The van der Waals surface area contributed by atoms with Crippen LogP contribution in [0.4, 0.5) is 0 Å². The molecule has 1 atom stereocenters. The number of hydrogen-bond acceptors (Lipinski definition) is 3. The summed E-state index contributed by atoms with van der Waals surface area (Å²) in [4.78, 5) is 14.0. The molecule has 1 heterocycles. The third kappa shape index (κ3) is 1.34. The topological polar surface area (TPSA) is 75.7 Å². The first-order valence-electron chi connectivity index (χ1n) is 2.93. The van der Waals surface area contributed by atoms with Crippen LogP contribution in [-0.4, -0.2) is 23.0 Å². The summed E-state index contributed by atoms with van der Waals surface area (Å²) in [5.41, 5.74) is 5.26. The molecule has 0 fully saturated rings. The Morgan fingerprint density at radius 3 is 3.00 bits per heavy atom. The largest absolute Gasteiger partial charge is 0.480 e. The monoisotopic (exact) mass is 140 g/mol. The van der Waals surface area contributed by atoms with Gasteiger partial charge in [-0.2, -0.15) is 0 Å². The van der Waals surface area contributed by atoms with Gasteiger partial charge in [-0.3, -0.25) is 4.99 Å². The Labute approximate surface area is 58.1 Å². The maximum Gasteiger partial charge on any atom is 0.328 e. The average Bonchev–Trinajstić information content (AvgIpc) is 1.88. The molecular formula is C6H8N2O2. The minimum atomic E-state index is -0.924. The van der Waals surface area contributed by atoms with E-state index in [2.05, 4.69) is 4.99 Å². The van der Waals surface area contributed by atoms with E-state index in [4.69, 9.17) is 10.8 Å². The minimum absolute atomic E-state index is 0.290. The molecule has 0 saturated heterocycles. The van der Waals surface area contributed by atoms with Crippen molar-refractivity contribution in [1.29, 1.82) is 0 Å². The van der Waals surface area contributed by atoms with Crippen LogP contribution in [0.15, 0.2) is 17.1 Å². The molecule has 4 heteroatoms. The van der Waals surface area contributed by atoms with Gasteiger partial charge in [-0.25, -0.2) is 4.79 Å². The van der Waals surface area contributed by atoms with Crippen molar-refractivity contribution in [3.8, 4) is 0 Å². The van der Waals surface area contributed by atoms with Crippen LogP contribution in [0.5, 0.6) is 0 Å². The van der Waals surface area contributed by atoms with Crippen molar-refractivity contribution in [3.63, 3.8) is 0 Å². The summed E-state index contributed by atoms with van der Waals surface area (Å²) in [6.45, 7) is 0. The Hall–Kier alpha value is -1.32. The van der Waals surface area contributed by atoms with E-state index in [-0.39, 0.29) is 0 Å². The second kappa shape index (κ2) is 2.51. The van der Waals surface area contributed by atoms with E-state index < -0.39 is 12.0 Å². The van der Waals surface area contributed by atoms with Crippen LogP contribution in [0.1, 0.15) is 6.42 Å². The van der Waals surface area contributed by atoms with E-state index in [1.54, 1.807) is 12.2 Å². The van der Waals surface area contributed by atoms with Crippen molar-refractivity contribution in [2.75, 3.05) is 0 Å². The highest BCUT2D eigenvalue weighted by molar-refractivity contribution is 5.94. The third-order valence-electron chi connectivity index (χ3n) is 1.24. The van der Waals surface area contributed by atoms with Crippen LogP contribution in [-0.2, 0) is 4.79 Å². The molecule has 0 radical (unpaired) electrons. The SMILES string of the molecule is NC1=NC(C(=O)O)CC=C1. The second-order valence-electron chi connectivity index (χ2n) is 2.05. The molecule has 10 heavy (non-hydrogen) atoms. The van der Waals surface area contributed by atoms with Gasteiger partial charge in [-0.05, 0) is 12.5 Å². The van der Waals surface area contributed by atoms with E-state index in [0.717, 1.165) is 0 Å². The molecule has 1 unspecified atom stereocenters. The Balaban J connectivity index is 2.69. The van der Waals surface area contributed by atoms with E-state index in [9.17, 15) is 4.79 Å². The number of amidine groups is 1. The fourth-order valence-corrected chi connectivity index (χ4v) is 0.749. The zero-order valence-electron chi connectivity index (χ0n) is 5.32. The molecule has 0 amide bonds. The molecule has 1 aliphatic heterocycles. The number of nitrogens with zero attached hydrogens (tertiary/aromatic N) is 1. The summed E-state index contributed by atoms with van der Waals surface area (Å²) < 4.78 is 0. The Kier molecular flexibility index (Phi) is 1.71. The highest BCUT2D eigenvalue weighted by atomic mass is 16.4. The Bertz CT molecular complexity index is 208. The number of hydrogen-bond donors (Lipinski definition) is 2. The summed E-state index contributed by atoms with van der Waals surface area (Å²) in [6.07, 6.45) is 3.76. The normalized spacial score (nSPS) is 24.0. The number of aliphatic carboxylic acids is 1. The van der Waals surface area contributed by atoms with Crippen LogP contribution in [0, 0.1) is 0 Å². The van der Waals surface area contributed by atoms with Gasteiger partial charge < -0.3 is 10.8 Å². The molecule has 0 aliphatic carbocycles. The van der Waals surface area contributed by atoms with E-state index in [1.165, 1.54) is 0 Å². The lowest BCUT2D eigenvalue weighted by Crippen LogP contribution is -2.24. The summed E-state index contributed by atoms with van der Waals surface area (Å²) >= 11 is 0. The number of nitrogens with two attached hydrogens (primary N) is 1. The Morgan fingerprint density at radius 2 is 2.60 bits per heavy atom. The smallest absolute Gasteiger partial charge is 0.328 e. The predicted molar refractivity (Wildman–Crippen MR) is 36.8 cm³/mol. The quantitative estimate of drug-likeness (QED) is 0.527. The number of dihydropyridines is 1. The van der Waals surface area contributed by atoms with Gasteiger partial charge in [0, 0.05) is 0 Å². The lowest BCUT2D eigenvalue weighted by Gasteiger charge is -2.08. The fourth-order valence-electron chi connectivity index (χ4n) is 0.749. The molecule has 1 rings (SSSR count). The van der Waals surface area contributed by atoms with Crippen LogP contribution in [0.3, 0.4) is 0 Å². The number of carboxylic acids is 1. The van der Waals surface area contributed by atoms with Gasteiger partial charge in [0.25, 0.3) is 0 Å². The molecule has 0 aromatic heterocycles. The number of rotatable bonds is 1. The van der Waals surface area contributed by atoms with Gasteiger partial charge in [-0.1, -0.05) is 6.08 Å². The molecule has 0 aromatic carbocycles.